The molecule has 2 heterocycles. The fourth-order valence-electron chi connectivity index (χ4n) is 6.64. The van der Waals surface area contributed by atoms with E-state index in [0.717, 1.165) is 35.6 Å². The van der Waals surface area contributed by atoms with Crippen LogP contribution in [0.15, 0.2) is 53.5 Å². The summed E-state index contributed by atoms with van der Waals surface area (Å²) in [5.74, 6) is 1.10. The topological polar surface area (TPSA) is 138 Å². The summed E-state index contributed by atoms with van der Waals surface area (Å²) in [5.41, 5.74) is 8.40. The number of guanidine groups is 1. The maximum absolute atomic E-state index is 13.6. The molecule has 0 aromatic heterocycles. The molecule has 1 aliphatic carbocycles. The number of para-hydroxylation sites is 1. The quantitative estimate of drug-likeness (QED) is 0.340. The maximum Gasteiger partial charge on any atom is 0.306 e. The van der Waals surface area contributed by atoms with E-state index in [2.05, 4.69) is 4.90 Å². The number of benzene rings is 2. The summed E-state index contributed by atoms with van der Waals surface area (Å²) >= 11 is 0. The smallest absolute Gasteiger partial charge is 0.306 e. The molecule has 0 radical (unpaired) electrons. The SMILES string of the molecule is NC1=Nc2ccc(Oc3ccccc3)cc2CN1[C@@H](CCC(=O)N(CCO)C1CCC(C(=O)O)CC1)C1CCOCC1.S. The van der Waals surface area contributed by atoms with Crippen LogP contribution in [-0.4, -0.2) is 76.3 Å². The molecule has 0 bridgehead atoms. The van der Waals surface area contributed by atoms with Crippen LogP contribution >= 0.6 is 13.5 Å². The lowest BCUT2D eigenvalue weighted by atomic mass is 9.84. The zero-order chi connectivity index (χ0) is 29.5. The fourth-order valence-corrected chi connectivity index (χ4v) is 6.64. The molecule has 3 aliphatic rings. The molecule has 2 aliphatic heterocycles. The summed E-state index contributed by atoms with van der Waals surface area (Å²) in [5, 5.41) is 19.1. The third-order valence-electron chi connectivity index (χ3n) is 8.91. The van der Waals surface area contributed by atoms with E-state index in [1.54, 1.807) is 4.90 Å². The number of aliphatic imine (C=N–C) groups is 1. The molecular weight excluding hydrogens is 568 g/mol. The first-order chi connectivity index (χ1) is 20.4. The number of carboxylic acids is 1. The number of carbonyl (C=O) groups is 2. The van der Waals surface area contributed by atoms with Crippen molar-refractivity contribution in [1.29, 1.82) is 0 Å². The Morgan fingerprint density at radius 2 is 1.77 bits per heavy atom. The number of hydrogen-bond donors (Lipinski definition) is 3. The highest BCUT2D eigenvalue weighted by Crippen LogP contribution is 2.36. The third-order valence-corrected chi connectivity index (χ3v) is 8.91. The van der Waals surface area contributed by atoms with Crippen LogP contribution in [0.1, 0.15) is 56.9 Å². The predicted molar refractivity (Wildman–Crippen MR) is 169 cm³/mol. The van der Waals surface area contributed by atoms with Crippen molar-refractivity contribution in [3.8, 4) is 11.5 Å². The first kappa shape index (κ1) is 32.6. The number of rotatable bonds is 11. The van der Waals surface area contributed by atoms with Crippen molar-refractivity contribution in [3.05, 3.63) is 54.1 Å². The van der Waals surface area contributed by atoms with E-state index in [4.69, 9.17) is 20.2 Å². The monoisotopic (exact) mass is 612 g/mol. The van der Waals surface area contributed by atoms with E-state index < -0.39 is 5.97 Å². The van der Waals surface area contributed by atoms with Crippen LogP contribution in [0.5, 0.6) is 11.5 Å². The van der Waals surface area contributed by atoms with Crippen LogP contribution in [0.4, 0.5) is 5.69 Å². The number of ether oxygens (including phenoxy) is 2. The average molecular weight is 613 g/mol. The van der Waals surface area contributed by atoms with Gasteiger partial charge in [0.25, 0.3) is 0 Å². The van der Waals surface area contributed by atoms with Crippen LogP contribution in [-0.2, 0) is 20.9 Å². The van der Waals surface area contributed by atoms with E-state index in [9.17, 15) is 19.8 Å². The zero-order valence-electron chi connectivity index (χ0n) is 24.6. The van der Waals surface area contributed by atoms with Gasteiger partial charge in [-0.3, -0.25) is 9.59 Å². The van der Waals surface area contributed by atoms with Crippen molar-refractivity contribution in [2.75, 3.05) is 26.4 Å². The van der Waals surface area contributed by atoms with Crippen molar-refractivity contribution in [2.45, 2.75) is 70.0 Å². The fraction of sp³-hybridized carbons (Fsp3) is 0.531. The van der Waals surface area contributed by atoms with E-state index >= 15 is 0 Å². The molecule has 11 heteroatoms. The Morgan fingerprint density at radius 3 is 2.44 bits per heavy atom. The first-order valence-corrected chi connectivity index (χ1v) is 15.1. The number of hydrogen-bond acceptors (Lipinski definition) is 8. The summed E-state index contributed by atoms with van der Waals surface area (Å²) in [6.07, 6.45) is 5.06. The molecule has 43 heavy (non-hydrogen) atoms. The van der Waals surface area contributed by atoms with Gasteiger partial charge in [-0.05, 0) is 81.2 Å². The highest BCUT2D eigenvalue weighted by atomic mass is 32.1. The molecule has 2 fully saturated rings. The highest BCUT2D eigenvalue weighted by Gasteiger charge is 2.35. The van der Waals surface area contributed by atoms with Crippen LogP contribution in [0.2, 0.25) is 0 Å². The molecule has 4 N–H and O–H groups in total. The Hall–Kier alpha value is -3.28. The van der Waals surface area contributed by atoms with Crippen LogP contribution in [0, 0.1) is 11.8 Å². The largest absolute Gasteiger partial charge is 0.481 e. The molecule has 10 nitrogen and oxygen atoms in total. The first-order valence-electron chi connectivity index (χ1n) is 15.1. The number of aliphatic carboxylic acids is 1. The third kappa shape index (κ3) is 8.21. The Kier molecular flexibility index (Phi) is 11.7. The van der Waals surface area contributed by atoms with Crippen molar-refractivity contribution in [3.63, 3.8) is 0 Å². The molecule has 1 amide bonds. The van der Waals surface area contributed by atoms with Crippen LogP contribution in [0.3, 0.4) is 0 Å². The number of aliphatic hydroxyl groups excluding tert-OH is 1. The van der Waals surface area contributed by atoms with Gasteiger partial charge in [-0.25, -0.2) is 4.99 Å². The molecule has 5 rings (SSSR count). The van der Waals surface area contributed by atoms with E-state index in [1.807, 2.05) is 48.5 Å². The summed E-state index contributed by atoms with van der Waals surface area (Å²) in [6.45, 7) is 2.05. The minimum absolute atomic E-state index is 0. The van der Waals surface area contributed by atoms with Crippen molar-refractivity contribution >= 4 is 37.0 Å². The number of nitrogens with zero attached hydrogens (tertiary/aromatic N) is 3. The number of fused-ring (bicyclic) bond motifs is 1. The second kappa shape index (κ2) is 15.4. The molecule has 2 aromatic rings. The minimum Gasteiger partial charge on any atom is -0.481 e. The van der Waals surface area contributed by atoms with Crippen molar-refractivity contribution in [2.24, 2.45) is 22.6 Å². The summed E-state index contributed by atoms with van der Waals surface area (Å²) in [4.78, 5) is 33.6. The Labute approximate surface area is 260 Å². The van der Waals surface area contributed by atoms with Gasteiger partial charge in [0.1, 0.15) is 11.5 Å². The maximum atomic E-state index is 13.6. The van der Waals surface area contributed by atoms with E-state index in [0.29, 0.717) is 70.2 Å². The second-order valence-corrected chi connectivity index (χ2v) is 11.5. The van der Waals surface area contributed by atoms with Crippen molar-refractivity contribution in [1.82, 2.24) is 9.80 Å². The normalized spacial score (nSPS) is 21.1. The number of amides is 1. The van der Waals surface area contributed by atoms with Gasteiger partial charge in [0, 0.05) is 50.4 Å². The van der Waals surface area contributed by atoms with Gasteiger partial charge in [-0.1, -0.05) is 18.2 Å². The van der Waals surface area contributed by atoms with Gasteiger partial charge in [-0.15, -0.1) is 0 Å². The Balaban J connectivity index is 0.00000423. The lowest BCUT2D eigenvalue weighted by Gasteiger charge is -2.42. The molecule has 0 spiro atoms. The Bertz CT molecular complexity index is 1250. The van der Waals surface area contributed by atoms with E-state index in [-0.39, 0.29) is 50.6 Å². The summed E-state index contributed by atoms with van der Waals surface area (Å²) in [6, 6.07) is 15.4. The van der Waals surface area contributed by atoms with Gasteiger partial charge in [0.05, 0.1) is 18.2 Å². The standard InChI is InChI=1S/C32H42N4O6.H2S/c33-32-34-28-11-10-27(42-26-4-2-1-3-5-26)20-24(28)21-36(32)29(22-14-18-41-19-15-22)12-13-30(38)35(16-17-37)25-8-6-23(7-9-25)31(39)40;/h1-5,10-11,20,22-23,25,29,37H,6-9,12-19,21H2,(H2,33,34)(H,39,40);1H2/t23?,25?,29-;/m0./s1. The van der Waals surface area contributed by atoms with Crippen LogP contribution < -0.4 is 10.5 Å². The van der Waals surface area contributed by atoms with Gasteiger partial charge < -0.3 is 35.2 Å². The number of carboxylic acid groups (broad SMARTS) is 1. The van der Waals surface area contributed by atoms with E-state index in [1.165, 1.54) is 0 Å². The van der Waals surface area contributed by atoms with Gasteiger partial charge in [0.15, 0.2) is 5.96 Å². The number of aliphatic hydroxyl groups is 1. The molecule has 234 valence electrons. The summed E-state index contributed by atoms with van der Waals surface area (Å²) in [7, 11) is 0. The van der Waals surface area contributed by atoms with Gasteiger partial charge in [0.2, 0.25) is 5.91 Å². The lowest BCUT2D eigenvalue weighted by Crippen LogP contribution is -2.50. The van der Waals surface area contributed by atoms with Gasteiger partial charge >= 0.3 is 5.97 Å². The number of carbonyl (C=O) groups excluding carboxylic acids is 1. The average Bonchev–Trinajstić information content (AvgIpc) is 3.01. The molecule has 2 aromatic carbocycles. The lowest BCUT2D eigenvalue weighted by molar-refractivity contribution is -0.143. The molecule has 0 unspecified atom stereocenters. The zero-order valence-corrected chi connectivity index (χ0v) is 25.6. The predicted octanol–water partition coefficient (Wildman–Crippen LogP) is 4.39. The van der Waals surface area contributed by atoms with Crippen LogP contribution in [0.25, 0.3) is 0 Å². The molecule has 1 atom stereocenters. The van der Waals surface area contributed by atoms with Gasteiger partial charge in [-0.2, -0.15) is 13.5 Å². The Morgan fingerprint density at radius 1 is 1.05 bits per heavy atom. The van der Waals surface area contributed by atoms with Crippen molar-refractivity contribution < 1.29 is 29.3 Å². The summed E-state index contributed by atoms with van der Waals surface area (Å²) < 4.78 is 11.7. The number of nitrogens with two attached hydrogens (primary N) is 1. The highest BCUT2D eigenvalue weighted by molar-refractivity contribution is 7.59. The minimum atomic E-state index is -0.770. The molecular formula is C32H44N4O6S. The molecule has 1 saturated carbocycles. The second-order valence-electron chi connectivity index (χ2n) is 11.5. The molecule has 1 saturated heterocycles.